The monoisotopic (exact) mass is 1000 g/mol. The molecule has 6 heterocycles. The van der Waals surface area contributed by atoms with E-state index in [1.807, 2.05) is 12.1 Å². The number of fused-ring (bicyclic) bond motifs is 21. The molecule has 0 spiro atoms. The molecule has 310 valence electrons. The second-order valence-electron chi connectivity index (χ2n) is 17.5. The van der Waals surface area contributed by atoms with E-state index in [1.165, 1.54) is 21.7 Å². The first-order chi connectivity index (χ1) is 30.9. The van der Waals surface area contributed by atoms with Crippen LogP contribution in [0.4, 0.5) is 0 Å². The zero-order chi connectivity index (χ0) is 42.0. The number of para-hydroxylation sites is 2. The van der Waals surface area contributed by atoms with Crippen LogP contribution in [-0.2, 0) is 26.5 Å². The molecule has 0 amide bonds. The first kappa shape index (κ1) is 38.3. The van der Waals surface area contributed by atoms with Gasteiger partial charge in [0, 0.05) is 43.9 Å². The van der Waals surface area contributed by atoms with Crippen molar-refractivity contribution in [1.82, 2.24) is 23.2 Å². The molecule has 13 rings (SSSR count). The van der Waals surface area contributed by atoms with Gasteiger partial charge in [-0.1, -0.05) is 160 Å². The molecule has 0 aliphatic carbocycles. The van der Waals surface area contributed by atoms with Gasteiger partial charge in [-0.15, -0.1) is 17.5 Å². The van der Waals surface area contributed by atoms with Gasteiger partial charge in [-0.05, 0) is 105 Å². The summed E-state index contributed by atoms with van der Waals surface area (Å²) in [7, 11) is 0. The number of hydrogen-bond acceptors (Lipinski definition) is 3. The Bertz CT molecular complexity index is 4270. The molecule has 0 aliphatic heterocycles. The third-order valence-electron chi connectivity index (χ3n) is 12.8. The molecule has 6 aromatic heterocycles. The van der Waals surface area contributed by atoms with Gasteiger partial charge in [0.15, 0.2) is 0 Å². The summed E-state index contributed by atoms with van der Waals surface area (Å²) >= 11 is 0. The molecule has 7 heteroatoms. The summed E-state index contributed by atoms with van der Waals surface area (Å²) in [4.78, 5) is 10.5. The van der Waals surface area contributed by atoms with Gasteiger partial charge in [0.25, 0.3) is 0 Å². The van der Waals surface area contributed by atoms with Gasteiger partial charge in [0.2, 0.25) is 0 Å². The zero-order valence-corrected chi connectivity index (χ0v) is 37.5. The second kappa shape index (κ2) is 14.3. The van der Waals surface area contributed by atoms with Crippen LogP contribution in [0.25, 0.3) is 115 Å². The summed E-state index contributed by atoms with van der Waals surface area (Å²) in [5, 5.41) is 12.3. The van der Waals surface area contributed by atoms with E-state index in [-0.39, 0.29) is 26.5 Å². The van der Waals surface area contributed by atoms with Gasteiger partial charge < -0.3 is 22.6 Å². The van der Waals surface area contributed by atoms with Crippen molar-refractivity contribution in [2.45, 2.75) is 26.2 Å². The zero-order valence-electron chi connectivity index (χ0n) is 35.2. The Morgan fingerprint density at radius 3 is 1.91 bits per heavy atom. The first-order valence-corrected chi connectivity index (χ1v) is 21.4. The Morgan fingerprint density at radius 2 is 1.12 bits per heavy atom. The minimum atomic E-state index is -0.178. The number of aromatic nitrogens is 5. The van der Waals surface area contributed by atoms with Crippen molar-refractivity contribution in [2.75, 3.05) is 0 Å². The molecule has 7 aromatic carbocycles. The number of nitrogens with zero attached hydrogens (tertiary/aromatic N) is 5. The van der Waals surface area contributed by atoms with Crippen LogP contribution < -0.4 is 0 Å². The first-order valence-electron chi connectivity index (χ1n) is 21.4. The molecule has 64 heavy (non-hydrogen) atoms. The number of pyridine rings is 2. The summed E-state index contributed by atoms with van der Waals surface area (Å²) < 4.78 is 13.4. The van der Waals surface area contributed by atoms with Crippen molar-refractivity contribution < 1.29 is 25.5 Å². The molecule has 0 atom stereocenters. The topological polar surface area (TPSA) is 52.1 Å². The molecule has 0 N–H and O–H groups in total. The van der Waals surface area contributed by atoms with Crippen LogP contribution in [0.5, 0.6) is 0 Å². The SMILES string of the molecule is CC(C)(C)c1cc2nc(c1)n1c3[c-]c(ccc3c3ccccc31)oc1[c-]c(ncc1)n1[cH-]n3c4cc(ccc4c4ccccc24)c2ccccc2c2ccccc2c2cccc1c23.[Pt]. The molecule has 0 saturated carbocycles. The number of benzene rings is 7. The van der Waals surface area contributed by atoms with E-state index in [2.05, 4.69) is 204 Å². The van der Waals surface area contributed by atoms with Crippen molar-refractivity contribution in [3.63, 3.8) is 0 Å². The van der Waals surface area contributed by atoms with Crippen LogP contribution >= 0.6 is 0 Å². The van der Waals surface area contributed by atoms with Crippen LogP contribution in [0, 0.1) is 12.1 Å². The summed E-state index contributed by atoms with van der Waals surface area (Å²) in [5.41, 5.74) is 9.45. The van der Waals surface area contributed by atoms with Crippen LogP contribution in [0.2, 0.25) is 0 Å². The van der Waals surface area contributed by atoms with Crippen molar-refractivity contribution >= 4 is 115 Å². The second-order valence-corrected chi connectivity index (χ2v) is 17.5. The standard InChI is InChI=1S/C57H38N5O.Pt/c1-57(2,3)36-30-49-44-18-9-8-17-43(44)46-25-23-35-29-52(46)61-34-60(51-22-12-20-48(56(51)61)42-16-7-6-15-41(42)40-14-5-4-13-39(35)40)54-33-38(27-28-58-54)63-37-24-26-47-45-19-10-11-21-50(45)62(53(47)32-37)55(31-36)59-49;/h4-31,34H,1-3H3;/q-3;. The fourth-order valence-electron chi connectivity index (χ4n) is 9.81. The fraction of sp³-hybridized carbons (Fsp3) is 0.0702. The van der Waals surface area contributed by atoms with E-state index >= 15 is 0 Å². The van der Waals surface area contributed by atoms with Gasteiger partial charge >= 0.3 is 0 Å². The Morgan fingerprint density at radius 1 is 0.516 bits per heavy atom. The van der Waals surface area contributed by atoms with Gasteiger partial charge in [-0.3, -0.25) is 0 Å². The third kappa shape index (κ3) is 5.79. The Labute approximate surface area is 381 Å². The molecule has 10 bridgehead atoms. The van der Waals surface area contributed by atoms with E-state index in [9.17, 15) is 0 Å². The van der Waals surface area contributed by atoms with Crippen LogP contribution in [0.1, 0.15) is 26.3 Å². The molecule has 0 aliphatic rings. The largest absolute Gasteiger partial charge is 0.522 e. The third-order valence-corrected chi connectivity index (χ3v) is 12.8. The van der Waals surface area contributed by atoms with E-state index in [0.29, 0.717) is 16.8 Å². The van der Waals surface area contributed by atoms with Crippen LogP contribution in [-0.4, -0.2) is 23.2 Å². The predicted molar refractivity (Wildman–Crippen MR) is 261 cm³/mol. The van der Waals surface area contributed by atoms with Gasteiger partial charge in [0.05, 0.1) is 5.52 Å². The van der Waals surface area contributed by atoms with Crippen molar-refractivity contribution in [3.8, 4) is 0 Å². The van der Waals surface area contributed by atoms with Gasteiger partial charge in [-0.2, -0.15) is 12.1 Å². The summed E-state index contributed by atoms with van der Waals surface area (Å²) in [5.74, 6) is 0. The van der Waals surface area contributed by atoms with E-state index in [4.69, 9.17) is 14.4 Å². The Kier molecular flexibility index (Phi) is 8.56. The maximum Gasteiger partial charge on any atom is 0.136 e. The number of rotatable bonds is 0. The Hall–Kier alpha value is -7.40. The van der Waals surface area contributed by atoms with Crippen molar-refractivity contribution in [3.05, 3.63) is 194 Å². The molecular formula is C57H38N5OPt-3. The minimum Gasteiger partial charge on any atom is -0.522 e. The van der Waals surface area contributed by atoms with E-state index in [0.717, 1.165) is 81.8 Å². The maximum atomic E-state index is 6.68. The van der Waals surface area contributed by atoms with E-state index in [1.54, 1.807) is 6.20 Å². The van der Waals surface area contributed by atoms with E-state index < -0.39 is 0 Å². The Balaban J connectivity index is 0.00000433. The van der Waals surface area contributed by atoms with Gasteiger partial charge in [0.1, 0.15) is 5.65 Å². The average Bonchev–Trinajstić information content (AvgIpc) is 3.87. The predicted octanol–water partition coefficient (Wildman–Crippen LogP) is 14.6. The quantitative estimate of drug-likeness (QED) is 0.142. The molecule has 0 saturated heterocycles. The maximum absolute atomic E-state index is 6.68. The number of imidazole rings is 1. The normalized spacial score (nSPS) is 12.2. The summed E-state index contributed by atoms with van der Waals surface area (Å²) in [6, 6.07) is 65.9. The fourth-order valence-corrected chi connectivity index (χ4v) is 9.81. The molecule has 0 radical (unpaired) electrons. The summed E-state index contributed by atoms with van der Waals surface area (Å²) in [6.07, 6.45) is 3.95. The molecular weight excluding hydrogens is 966 g/mol. The summed E-state index contributed by atoms with van der Waals surface area (Å²) in [6.45, 7) is 6.81. The van der Waals surface area contributed by atoms with Crippen LogP contribution in [0.3, 0.4) is 0 Å². The average molecular weight is 1000 g/mol. The minimum absolute atomic E-state index is 0. The molecule has 0 unspecified atom stereocenters. The van der Waals surface area contributed by atoms with Crippen molar-refractivity contribution in [1.29, 1.82) is 0 Å². The molecule has 13 aromatic rings. The molecule has 6 nitrogen and oxygen atoms in total. The van der Waals surface area contributed by atoms with Crippen molar-refractivity contribution in [2.24, 2.45) is 0 Å². The smallest absolute Gasteiger partial charge is 0.136 e. The van der Waals surface area contributed by atoms with Gasteiger partial charge in [-0.25, -0.2) is 11.1 Å². The molecule has 0 fully saturated rings. The number of hydrogen-bond donors (Lipinski definition) is 0. The van der Waals surface area contributed by atoms with Crippen LogP contribution in [0.15, 0.2) is 181 Å².